The van der Waals surface area contributed by atoms with E-state index in [1.165, 1.54) is 37.3 Å². The molecule has 1 heterocycles. The summed E-state index contributed by atoms with van der Waals surface area (Å²) in [5.74, 6) is -4.35. The van der Waals surface area contributed by atoms with E-state index in [0.717, 1.165) is 0 Å². The maximum atomic E-state index is 14.2. The second kappa shape index (κ2) is 10.2. The molecule has 0 fully saturated rings. The highest BCUT2D eigenvalue weighted by atomic mass is 32.2. The Bertz CT molecular complexity index is 1600. The van der Waals surface area contributed by atoms with Gasteiger partial charge in [-0.1, -0.05) is 38.1 Å². The molecule has 1 atom stereocenters. The SMILES string of the molecule is CC(=N)Nc1ccc2c(c1)S(=O)(=O)N=C(C1=C(OC(=O)C(F)(F)F)c3ccccc3[C@@](C)(CCC(C)C)C1=O)N2. The van der Waals surface area contributed by atoms with Crippen LogP contribution in [0.4, 0.5) is 24.5 Å². The molecular weight excluding hydrogens is 549 g/mol. The lowest BCUT2D eigenvalue weighted by Gasteiger charge is -2.37. The van der Waals surface area contributed by atoms with Crippen molar-refractivity contribution in [2.45, 2.75) is 57.0 Å². The highest BCUT2D eigenvalue weighted by Crippen LogP contribution is 2.46. The first-order chi connectivity index (χ1) is 18.5. The number of benzene rings is 2. The van der Waals surface area contributed by atoms with Crippen molar-refractivity contribution in [2.75, 3.05) is 10.6 Å². The number of alkyl halides is 3. The molecule has 13 heteroatoms. The van der Waals surface area contributed by atoms with Crippen LogP contribution in [-0.2, 0) is 29.8 Å². The quantitative estimate of drug-likeness (QED) is 0.238. The van der Waals surface area contributed by atoms with Crippen LogP contribution in [0.1, 0.15) is 51.7 Å². The number of halogens is 3. The Morgan fingerprint density at radius 3 is 2.50 bits per heavy atom. The molecule has 4 rings (SSSR count). The van der Waals surface area contributed by atoms with Crippen LogP contribution in [0.3, 0.4) is 0 Å². The summed E-state index contributed by atoms with van der Waals surface area (Å²) in [6.45, 7) is 6.99. The predicted octanol–water partition coefficient (Wildman–Crippen LogP) is 5.40. The number of carbonyl (C=O) groups excluding carboxylic acids is 2. The largest absolute Gasteiger partial charge is 0.491 e. The van der Waals surface area contributed by atoms with Crippen LogP contribution in [0.2, 0.25) is 0 Å². The molecule has 40 heavy (non-hydrogen) atoms. The Labute approximate surface area is 229 Å². The van der Waals surface area contributed by atoms with Gasteiger partial charge in [0.15, 0.2) is 17.4 Å². The molecule has 2 aromatic rings. The number of amidine groups is 2. The van der Waals surface area contributed by atoms with E-state index in [1.54, 1.807) is 19.1 Å². The molecule has 2 aliphatic rings. The first kappa shape index (κ1) is 29.0. The summed E-state index contributed by atoms with van der Waals surface area (Å²) in [6.07, 6.45) is -4.52. The van der Waals surface area contributed by atoms with E-state index in [1.807, 2.05) is 13.8 Å². The minimum atomic E-state index is -5.38. The molecule has 1 aliphatic carbocycles. The fourth-order valence-corrected chi connectivity index (χ4v) is 5.81. The van der Waals surface area contributed by atoms with Crippen molar-refractivity contribution in [3.63, 3.8) is 0 Å². The molecule has 3 N–H and O–H groups in total. The van der Waals surface area contributed by atoms with Crippen molar-refractivity contribution in [2.24, 2.45) is 10.3 Å². The van der Waals surface area contributed by atoms with Crippen molar-refractivity contribution in [3.8, 4) is 0 Å². The first-order valence-electron chi connectivity index (χ1n) is 12.3. The Morgan fingerprint density at radius 2 is 1.88 bits per heavy atom. The van der Waals surface area contributed by atoms with Crippen LogP contribution in [-0.4, -0.2) is 38.0 Å². The summed E-state index contributed by atoms with van der Waals surface area (Å²) >= 11 is 0. The molecule has 0 unspecified atom stereocenters. The van der Waals surface area contributed by atoms with E-state index in [2.05, 4.69) is 15.0 Å². The number of hydrogen-bond acceptors (Lipinski definition) is 7. The number of ketones is 1. The molecule has 0 radical (unpaired) electrons. The number of rotatable bonds is 6. The lowest BCUT2D eigenvalue weighted by molar-refractivity contribution is -0.192. The van der Waals surface area contributed by atoms with Crippen LogP contribution in [0.5, 0.6) is 0 Å². The Morgan fingerprint density at radius 1 is 1.20 bits per heavy atom. The molecule has 212 valence electrons. The lowest BCUT2D eigenvalue weighted by Crippen LogP contribution is -2.43. The first-order valence-corrected chi connectivity index (χ1v) is 13.7. The van der Waals surface area contributed by atoms with Gasteiger partial charge in [-0.15, -0.1) is 4.40 Å². The average molecular weight is 577 g/mol. The van der Waals surface area contributed by atoms with E-state index >= 15 is 0 Å². The third-order valence-electron chi connectivity index (χ3n) is 6.66. The second-order valence-corrected chi connectivity index (χ2v) is 11.8. The van der Waals surface area contributed by atoms with Gasteiger partial charge in [-0.3, -0.25) is 10.2 Å². The highest BCUT2D eigenvalue weighted by molar-refractivity contribution is 7.90. The van der Waals surface area contributed by atoms with Crippen LogP contribution in [0, 0.1) is 11.3 Å². The summed E-state index contributed by atoms with van der Waals surface area (Å²) in [5.41, 5.74) is -1.16. The Balaban J connectivity index is 1.95. The van der Waals surface area contributed by atoms with Crippen LogP contribution in [0.25, 0.3) is 5.76 Å². The van der Waals surface area contributed by atoms with Crippen molar-refractivity contribution in [3.05, 3.63) is 59.2 Å². The maximum Gasteiger partial charge on any atom is 0.491 e. The summed E-state index contributed by atoms with van der Waals surface area (Å²) in [6, 6.07) is 10.2. The Hall–Kier alpha value is -4.00. The van der Waals surface area contributed by atoms with Crippen molar-refractivity contribution >= 4 is 50.6 Å². The molecule has 0 aromatic heterocycles. The van der Waals surface area contributed by atoms with Crippen LogP contribution >= 0.6 is 0 Å². The van der Waals surface area contributed by atoms with E-state index in [9.17, 15) is 31.2 Å². The summed E-state index contributed by atoms with van der Waals surface area (Å²) in [5, 5.41) is 13.0. The number of sulfonamides is 1. The molecule has 0 spiro atoms. The smallest absolute Gasteiger partial charge is 0.418 e. The molecule has 0 amide bonds. The van der Waals surface area contributed by atoms with E-state index in [4.69, 9.17) is 10.1 Å². The molecule has 9 nitrogen and oxygen atoms in total. The number of ether oxygens (including phenoxy) is 1. The number of anilines is 2. The highest BCUT2D eigenvalue weighted by Gasteiger charge is 2.49. The molecule has 0 bridgehead atoms. The minimum absolute atomic E-state index is 0.00252. The standard InChI is InChI=1S/C27H27F3N4O5S/c1-14(2)11-12-26(4)18-8-6-5-7-17(18)22(39-25(36)27(28,29)30)21(23(26)35)24-33-19-10-9-16(32-15(3)31)13-20(19)40(37,38)34-24/h5-10,13-14H,11-12H2,1-4H3,(H2,31,32)(H,33,34)/t26-/m1/s1. The molecule has 1 aliphatic heterocycles. The topological polar surface area (TPSA) is 138 Å². The monoisotopic (exact) mass is 576 g/mol. The van der Waals surface area contributed by atoms with Gasteiger partial charge in [0.05, 0.1) is 16.9 Å². The number of nitrogens with zero attached hydrogens (tertiary/aromatic N) is 1. The number of hydrogen-bond donors (Lipinski definition) is 3. The third-order valence-corrected chi connectivity index (χ3v) is 7.98. The third kappa shape index (κ3) is 5.37. The summed E-state index contributed by atoms with van der Waals surface area (Å²) < 4.78 is 75.0. The molecule has 2 aromatic carbocycles. The van der Waals surface area contributed by atoms with Gasteiger partial charge in [0, 0.05) is 11.3 Å². The Kier molecular flexibility index (Phi) is 7.39. The summed E-state index contributed by atoms with van der Waals surface area (Å²) in [4.78, 5) is 25.9. The van der Waals surface area contributed by atoms with Gasteiger partial charge in [0.25, 0.3) is 10.0 Å². The fourth-order valence-electron chi connectivity index (χ4n) is 4.66. The van der Waals surface area contributed by atoms with Gasteiger partial charge in [0.2, 0.25) is 0 Å². The number of fused-ring (bicyclic) bond motifs is 2. The average Bonchev–Trinajstić information content (AvgIpc) is 2.85. The van der Waals surface area contributed by atoms with Gasteiger partial charge in [-0.2, -0.15) is 21.6 Å². The number of carbonyl (C=O) groups is 2. The van der Waals surface area contributed by atoms with Crippen molar-refractivity contribution in [1.29, 1.82) is 5.41 Å². The van der Waals surface area contributed by atoms with Gasteiger partial charge < -0.3 is 15.4 Å². The molecule has 0 saturated carbocycles. The normalized spacial score (nSPS) is 19.8. The van der Waals surface area contributed by atoms with E-state index in [-0.39, 0.29) is 27.9 Å². The minimum Gasteiger partial charge on any atom is -0.418 e. The number of nitrogens with one attached hydrogen (secondary N) is 3. The molecular formula is C27H27F3N4O5S. The molecule has 0 saturated heterocycles. The van der Waals surface area contributed by atoms with Crippen LogP contribution < -0.4 is 10.6 Å². The number of esters is 1. The fraction of sp³-hybridized carbons (Fsp3) is 0.333. The number of Topliss-reactive ketones (excluding diaryl/α,β-unsaturated/α-hetero) is 1. The van der Waals surface area contributed by atoms with Gasteiger partial charge >= 0.3 is 12.1 Å². The van der Waals surface area contributed by atoms with Gasteiger partial charge in [-0.25, -0.2) is 4.79 Å². The maximum absolute atomic E-state index is 14.2. The van der Waals surface area contributed by atoms with Gasteiger partial charge in [0.1, 0.15) is 10.5 Å². The van der Waals surface area contributed by atoms with E-state index in [0.29, 0.717) is 24.1 Å². The van der Waals surface area contributed by atoms with Crippen LogP contribution in [0.15, 0.2) is 57.3 Å². The summed E-state index contributed by atoms with van der Waals surface area (Å²) in [7, 11) is -4.48. The zero-order chi connectivity index (χ0) is 29.6. The zero-order valence-electron chi connectivity index (χ0n) is 22.1. The van der Waals surface area contributed by atoms with Gasteiger partial charge in [-0.05, 0) is 56.4 Å². The van der Waals surface area contributed by atoms with E-state index < -0.39 is 50.5 Å². The lowest BCUT2D eigenvalue weighted by atomic mass is 9.66. The zero-order valence-corrected chi connectivity index (χ0v) is 22.9. The predicted molar refractivity (Wildman–Crippen MR) is 144 cm³/mol. The van der Waals surface area contributed by atoms with Crippen molar-refractivity contribution < 1.29 is 35.9 Å². The second-order valence-electron chi connectivity index (χ2n) is 10.2. The van der Waals surface area contributed by atoms with Crippen molar-refractivity contribution in [1.82, 2.24) is 0 Å².